The third-order valence-corrected chi connectivity index (χ3v) is 8.74. The zero-order valence-electron chi connectivity index (χ0n) is 24.2. The van der Waals surface area contributed by atoms with Gasteiger partial charge in [0.05, 0.1) is 10.6 Å². The number of unbranched alkanes of at least 4 members (excludes halogenated alkanes) is 1. The molecule has 0 radical (unpaired) electrons. The number of carbonyl (C=O) groups excluding carboxylic acids is 2. The summed E-state index contributed by atoms with van der Waals surface area (Å²) >= 11 is 0. The van der Waals surface area contributed by atoms with Gasteiger partial charge in [-0.3, -0.25) is 13.9 Å². The molecule has 40 heavy (non-hydrogen) atoms. The van der Waals surface area contributed by atoms with Crippen LogP contribution in [-0.4, -0.2) is 44.3 Å². The second kappa shape index (κ2) is 14.1. The number of sulfonamides is 1. The number of nitrogens with zero attached hydrogens (tertiary/aromatic N) is 2. The Morgan fingerprint density at radius 3 is 2.25 bits per heavy atom. The Morgan fingerprint density at radius 1 is 0.900 bits per heavy atom. The van der Waals surface area contributed by atoms with Crippen LogP contribution < -0.4 is 9.62 Å². The van der Waals surface area contributed by atoms with Gasteiger partial charge in [-0.25, -0.2) is 8.42 Å². The highest BCUT2D eigenvalue weighted by atomic mass is 32.2. The van der Waals surface area contributed by atoms with Gasteiger partial charge in [-0.15, -0.1) is 0 Å². The van der Waals surface area contributed by atoms with E-state index >= 15 is 0 Å². The summed E-state index contributed by atoms with van der Waals surface area (Å²) in [6.07, 6.45) is 2.36. The van der Waals surface area contributed by atoms with Crippen molar-refractivity contribution < 1.29 is 18.0 Å². The minimum Gasteiger partial charge on any atom is -0.354 e. The molecule has 0 unspecified atom stereocenters. The fraction of sp³-hybridized carbons (Fsp3) is 0.375. The van der Waals surface area contributed by atoms with Gasteiger partial charge in [0.1, 0.15) is 12.6 Å². The summed E-state index contributed by atoms with van der Waals surface area (Å²) in [6, 6.07) is 20.8. The SMILES string of the molecule is CCCCNC(=O)[C@@H](C)N(Cc1cccc(C)c1)C(=O)CN(c1ccccc1CC)S(=O)(=O)c1ccc(C)cc1. The summed E-state index contributed by atoms with van der Waals surface area (Å²) in [5.74, 6) is -0.724. The zero-order chi connectivity index (χ0) is 29.3. The van der Waals surface area contributed by atoms with Crippen LogP contribution in [0.2, 0.25) is 0 Å². The average molecular weight is 564 g/mol. The molecule has 0 heterocycles. The molecule has 7 nitrogen and oxygen atoms in total. The van der Waals surface area contributed by atoms with Crippen molar-refractivity contribution in [2.45, 2.75) is 71.4 Å². The summed E-state index contributed by atoms with van der Waals surface area (Å²) in [4.78, 5) is 28.7. The lowest BCUT2D eigenvalue weighted by atomic mass is 10.1. The van der Waals surface area contributed by atoms with Crippen molar-refractivity contribution in [1.29, 1.82) is 0 Å². The van der Waals surface area contributed by atoms with Crippen LogP contribution in [0.25, 0.3) is 0 Å². The van der Waals surface area contributed by atoms with Crippen LogP contribution in [0.5, 0.6) is 0 Å². The maximum atomic E-state index is 14.1. The van der Waals surface area contributed by atoms with Gasteiger partial charge in [0, 0.05) is 13.1 Å². The summed E-state index contributed by atoms with van der Waals surface area (Å²) in [5.41, 5.74) is 4.09. The molecule has 214 valence electrons. The van der Waals surface area contributed by atoms with Gasteiger partial charge in [0.25, 0.3) is 10.0 Å². The Morgan fingerprint density at radius 2 is 1.60 bits per heavy atom. The van der Waals surface area contributed by atoms with Gasteiger partial charge in [-0.05, 0) is 62.9 Å². The first-order valence-electron chi connectivity index (χ1n) is 13.9. The number of hydrogen-bond acceptors (Lipinski definition) is 4. The van der Waals surface area contributed by atoms with Crippen molar-refractivity contribution in [3.05, 3.63) is 95.1 Å². The molecule has 0 bridgehead atoms. The van der Waals surface area contributed by atoms with Crippen LogP contribution in [0.1, 0.15) is 55.9 Å². The standard InChI is InChI=1S/C32H41N3O4S/c1-6-8-20-33-32(37)26(5)34(22-27-13-11-12-25(4)21-27)31(36)23-35(30-15-10-9-14-28(30)7-2)40(38,39)29-18-16-24(3)17-19-29/h9-19,21,26H,6-8,20,22-23H2,1-5H3,(H,33,37)/t26-/m1/s1. The van der Waals surface area contributed by atoms with Gasteiger partial charge in [-0.1, -0.05) is 86.0 Å². The highest BCUT2D eigenvalue weighted by Gasteiger charge is 2.33. The molecule has 0 aliphatic carbocycles. The lowest BCUT2D eigenvalue weighted by Gasteiger charge is -2.32. The highest BCUT2D eigenvalue weighted by molar-refractivity contribution is 7.92. The van der Waals surface area contributed by atoms with E-state index in [9.17, 15) is 18.0 Å². The highest BCUT2D eigenvalue weighted by Crippen LogP contribution is 2.28. The van der Waals surface area contributed by atoms with Gasteiger partial charge in [0.2, 0.25) is 11.8 Å². The smallest absolute Gasteiger partial charge is 0.264 e. The van der Waals surface area contributed by atoms with E-state index in [-0.39, 0.29) is 17.3 Å². The Kier molecular flexibility index (Phi) is 10.9. The van der Waals surface area contributed by atoms with Crippen molar-refractivity contribution in [2.24, 2.45) is 0 Å². The monoisotopic (exact) mass is 563 g/mol. The maximum absolute atomic E-state index is 14.1. The molecule has 3 rings (SSSR count). The Hall–Kier alpha value is -3.65. The van der Waals surface area contributed by atoms with Crippen molar-refractivity contribution in [1.82, 2.24) is 10.2 Å². The fourth-order valence-corrected chi connectivity index (χ4v) is 5.98. The molecule has 2 amide bonds. The van der Waals surface area contributed by atoms with Gasteiger partial charge < -0.3 is 10.2 Å². The first kappa shape index (κ1) is 30.9. The normalized spacial score (nSPS) is 12.0. The number of anilines is 1. The van der Waals surface area contributed by atoms with E-state index in [0.29, 0.717) is 18.7 Å². The largest absolute Gasteiger partial charge is 0.354 e. The Balaban J connectivity index is 2.04. The minimum atomic E-state index is -4.09. The summed E-state index contributed by atoms with van der Waals surface area (Å²) in [5, 5.41) is 2.92. The van der Waals surface area contributed by atoms with E-state index < -0.39 is 28.5 Å². The number of aryl methyl sites for hydroxylation is 3. The third kappa shape index (κ3) is 7.72. The van der Waals surface area contributed by atoms with Gasteiger partial charge in [-0.2, -0.15) is 0 Å². The van der Waals surface area contributed by atoms with Crippen LogP contribution in [0.3, 0.4) is 0 Å². The Labute approximate surface area is 239 Å². The topological polar surface area (TPSA) is 86.8 Å². The van der Waals surface area contributed by atoms with Crippen LogP contribution >= 0.6 is 0 Å². The third-order valence-electron chi connectivity index (χ3n) is 6.96. The lowest BCUT2D eigenvalue weighted by molar-refractivity contribution is -0.139. The fourth-order valence-electron chi connectivity index (χ4n) is 4.53. The average Bonchev–Trinajstić information content (AvgIpc) is 2.94. The molecule has 0 aromatic heterocycles. The number of carbonyl (C=O) groups is 2. The predicted molar refractivity (Wildman–Crippen MR) is 161 cm³/mol. The van der Waals surface area contributed by atoms with E-state index in [1.165, 1.54) is 9.21 Å². The molecule has 1 N–H and O–H groups in total. The van der Waals surface area contributed by atoms with Crippen molar-refractivity contribution >= 4 is 27.5 Å². The zero-order valence-corrected chi connectivity index (χ0v) is 25.0. The van der Waals surface area contributed by atoms with Crippen LogP contribution in [0, 0.1) is 13.8 Å². The maximum Gasteiger partial charge on any atom is 0.264 e. The molecule has 0 saturated heterocycles. The molecule has 3 aromatic carbocycles. The molecule has 0 aliphatic rings. The van der Waals surface area contributed by atoms with E-state index in [4.69, 9.17) is 0 Å². The van der Waals surface area contributed by atoms with E-state index in [1.54, 1.807) is 43.3 Å². The Bertz CT molecular complexity index is 1400. The predicted octanol–water partition coefficient (Wildman–Crippen LogP) is 5.39. The van der Waals surface area contributed by atoms with Crippen molar-refractivity contribution in [3.63, 3.8) is 0 Å². The first-order chi connectivity index (χ1) is 19.1. The number of rotatable bonds is 13. The molecule has 0 saturated carbocycles. The number of benzene rings is 3. The molecule has 8 heteroatoms. The quantitative estimate of drug-likeness (QED) is 0.282. The van der Waals surface area contributed by atoms with Crippen LogP contribution in [0.4, 0.5) is 5.69 Å². The van der Waals surface area contributed by atoms with Crippen molar-refractivity contribution in [2.75, 3.05) is 17.4 Å². The van der Waals surface area contributed by atoms with E-state index in [1.807, 2.05) is 64.1 Å². The summed E-state index contributed by atoms with van der Waals surface area (Å²) < 4.78 is 29.2. The number of para-hydroxylation sites is 1. The van der Waals surface area contributed by atoms with Crippen LogP contribution in [-0.2, 0) is 32.6 Å². The van der Waals surface area contributed by atoms with Crippen molar-refractivity contribution in [3.8, 4) is 0 Å². The van der Waals surface area contributed by atoms with E-state index in [2.05, 4.69) is 5.32 Å². The molecular formula is C32H41N3O4S. The number of hydrogen-bond donors (Lipinski definition) is 1. The number of nitrogens with one attached hydrogen (secondary N) is 1. The molecule has 1 atom stereocenters. The minimum absolute atomic E-state index is 0.104. The van der Waals surface area contributed by atoms with Crippen LogP contribution in [0.15, 0.2) is 77.7 Å². The molecule has 0 fully saturated rings. The second-order valence-electron chi connectivity index (χ2n) is 10.1. The van der Waals surface area contributed by atoms with Gasteiger partial charge >= 0.3 is 0 Å². The van der Waals surface area contributed by atoms with Gasteiger partial charge in [0.15, 0.2) is 0 Å². The molecule has 0 aliphatic heterocycles. The summed E-state index contributed by atoms with van der Waals surface area (Å²) in [6.45, 7) is 9.79. The van der Waals surface area contributed by atoms with E-state index in [0.717, 1.165) is 35.1 Å². The molecular weight excluding hydrogens is 522 g/mol. The second-order valence-corrected chi connectivity index (χ2v) is 12.0. The molecule has 0 spiro atoms. The number of amides is 2. The lowest BCUT2D eigenvalue weighted by Crippen LogP contribution is -2.51. The molecule has 3 aromatic rings. The summed E-state index contributed by atoms with van der Waals surface area (Å²) in [7, 11) is -4.09. The first-order valence-corrected chi connectivity index (χ1v) is 15.3.